The fraction of sp³-hybridized carbons (Fsp3) is 0.200. The Kier molecular flexibility index (Phi) is 4.07. The van der Waals surface area contributed by atoms with Crippen LogP contribution in [0, 0.1) is 0 Å². The Morgan fingerprint density at radius 1 is 1.17 bits per heavy atom. The van der Waals surface area contributed by atoms with Gasteiger partial charge in [-0.05, 0) is 12.1 Å². The summed E-state index contributed by atoms with van der Waals surface area (Å²) in [6, 6.07) is 13.0. The number of aryl methyl sites for hydroxylation is 1. The first-order valence-electron chi connectivity index (χ1n) is 5.87. The molecule has 0 bridgehead atoms. The van der Waals surface area contributed by atoms with Gasteiger partial charge in [-0.1, -0.05) is 30.3 Å². The smallest absolute Gasteiger partial charge is 0.163 e. The van der Waals surface area contributed by atoms with Crippen molar-refractivity contribution < 1.29 is 9.53 Å². The standard InChI is InChI=1S/C15H15NO2/c1-18-15-8-5-11-16-13(15)9-10-14(17)12-6-3-2-4-7-12/h2-8,11H,9-10H2,1H3. The molecule has 0 aliphatic rings. The second-order valence-corrected chi connectivity index (χ2v) is 3.94. The lowest BCUT2D eigenvalue weighted by Gasteiger charge is -2.06. The molecule has 0 aliphatic heterocycles. The predicted octanol–water partition coefficient (Wildman–Crippen LogP) is 2.91. The van der Waals surface area contributed by atoms with E-state index in [-0.39, 0.29) is 5.78 Å². The van der Waals surface area contributed by atoms with Crippen LogP contribution < -0.4 is 4.74 Å². The molecule has 3 nitrogen and oxygen atoms in total. The van der Waals surface area contributed by atoms with E-state index in [1.807, 2.05) is 42.5 Å². The van der Waals surface area contributed by atoms with Crippen LogP contribution in [0.25, 0.3) is 0 Å². The number of carbonyl (C=O) groups is 1. The highest BCUT2D eigenvalue weighted by Gasteiger charge is 2.08. The second kappa shape index (κ2) is 5.96. The van der Waals surface area contributed by atoms with Gasteiger partial charge < -0.3 is 4.74 Å². The van der Waals surface area contributed by atoms with Gasteiger partial charge in [0.05, 0.1) is 12.8 Å². The molecular weight excluding hydrogens is 226 g/mol. The molecule has 0 N–H and O–H groups in total. The number of rotatable bonds is 5. The van der Waals surface area contributed by atoms with E-state index in [1.165, 1.54) is 0 Å². The largest absolute Gasteiger partial charge is 0.495 e. The molecule has 0 aliphatic carbocycles. The molecule has 3 heteroatoms. The van der Waals surface area contributed by atoms with Gasteiger partial charge in [0.1, 0.15) is 5.75 Å². The molecule has 0 saturated heterocycles. The molecule has 0 saturated carbocycles. The van der Waals surface area contributed by atoms with Crippen LogP contribution in [0.3, 0.4) is 0 Å². The average Bonchev–Trinajstić information content (AvgIpc) is 2.46. The Bertz CT molecular complexity index is 523. The molecular formula is C15H15NO2. The van der Waals surface area contributed by atoms with Crippen LogP contribution in [0.5, 0.6) is 5.75 Å². The van der Waals surface area contributed by atoms with Gasteiger partial charge in [-0.2, -0.15) is 0 Å². The topological polar surface area (TPSA) is 39.2 Å². The monoisotopic (exact) mass is 241 g/mol. The van der Waals surface area contributed by atoms with Gasteiger partial charge >= 0.3 is 0 Å². The third-order valence-corrected chi connectivity index (χ3v) is 2.75. The summed E-state index contributed by atoms with van der Waals surface area (Å²) in [7, 11) is 1.61. The van der Waals surface area contributed by atoms with E-state index in [1.54, 1.807) is 13.3 Å². The minimum absolute atomic E-state index is 0.128. The summed E-state index contributed by atoms with van der Waals surface area (Å²) < 4.78 is 5.21. The number of hydrogen-bond donors (Lipinski definition) is 0. The fourth-order valence-corrected chi connectivity index (χ4v) is 1.80. The van der Waals surface area contributed by atoms with Gasteiger partial charge in [-0.15, -0.1) is 0 Å². The van der Waals surface area contributed by atoms with Crippen molar-refractivity contribution in [2.24, 2.45) is 0 Å². The van der Waals surface area contributed by atoms with E-state index in [9.17, 15) is 4.79 Å². The summed E-state index contributed by atoms with van der Waals surface area (Å²) in [6.45, 7) is 0. The van der Waals surface area contributed by atoms with Crippen molar-refractivity contribution in [3.05, 3.63) is 59.9 Å². The molecule has 18 heavy (non-hydrogen) atoms. The van der Waals surface area contributed by atoms with Gasteiger partial charge in [0.2, 0.25) is 0 Å². The minimum Gasteiger partial charge on any atom is -0.495 e. The Hall–Kier alpha value is -2.16. The van der Waals surface area contributed by atoms with Gasteiger partial charge in [-0.25, -0.2) is 0 Å². The van der Waals surface area contributed by atoms with Crippen LogP contribution >= 0.6 is 0 Å². The SMILES string of the molecule is COc1cccnc1CCC(=O)c1ccccc1. The number of ether oxygens (including phenoxy) is 1. The molecule has 0 unspecified atom stereocenters. The molecule has 0 radical (unpaired) electrons. The number of aromatic nitrogens is 1. The molecule has 2 aromatic rings. The Morgan fingerprint density at radius 3 is 2.67 bits per heavy atom. The molecule has 1 heterocycles. The first kappa shape index (κ1) is 12.3. The third-order valence-electron chi connectivity index (χ3n) is 2.75. The van der Waals surface area contributed by atoms with Crippen LogP contribution in [0.1, 0.15) is 22.5 Å². The minimum atomic E-state index is 0.128. The van der Waals surface area contributed by atoms with Crippen molar-refractivity contribution in [2.45, 2.75) is 12.8 Å². The summed E-state index contributed by atoms with van der Waals surface area (Å²) in [5.41, 5.74) is 1.57. The van der Waals surface area contributed by atoms with Gasteiger partial charge in [0.15, 0.2) is 5.78 Å². The summed E-state index contributed by atoms with van der Waals surface area (Å²) in [5.74, 6) is 0.863. The van der Waals surface area contributed by atoms with Crippen LogP contribution in [-0.4, -0.2) is 17.9 Å². The van der Waals surface area contributed by atoms with Crippen molar-refractivity contribution in [1.29, 1.82) is 0 Å². The van der Waals surface area contributed by atoms with Gasteiger partial charge in [-0.3, -0.25) is 9.78 Å². The maximum Gasteiger partial charge on any atom is 0.163 e. The maximum absolute atomic E-state index is 11.9. The van der Waals surface area contributed by atoms with Gasteiger partial charge in [0.25, 0.3) is 0 Å². The van der Waals surface area contributed by atoms with Crippen LogP contribution in [0.2, 0.25) is 0 Å². The molecule has 0 atom stereocenters. The molecule has 0 spiro atoms. The molecule has 92 valence electrons. The Balaban J connectivity index is 2.02. The molecule has 0 fully saturated rings. The van der Waals surface area contributed by atoms with Crippen molar-refractivity contribution >= 4 is 5.78 Å². The summed E-state index contributed by atoms with van der Waals surface area (Å²) in [4.78, 5) is 16.2. The zero-order valence-corrected chi connectivity index (χ0v) is 10.3. The number of methoxy groups -OCH3 is 1. The fourth-order valence-electron chi connectivity index (χ4n) is 1.80. The van der Waals surface area contributed by atoms with Crippen LogP contribution in [0.15, 0.2) is 48.7 Å². The number of ketones is 1. The maximum atomic E-state index is 11.9. The first-order chi connectivity index (χ1) is 8.81. The van der Waals surface area contributed by atoms with E-state index in [2.05, 4.69) is 4.98 Å². The quantitative estimate of drug-likeness (QED) is 0.755. The lowest BCUT2D eigenvalue weighted by atomic mass is 10.1. The van der Waals surface area contributed by atoms with Crippen molar-refractivity contribution in [1.82, 2.24) is 4.98 Å². The molecule has 1 aromatic heterocycles. The number of nitrogens with zero attached hydrogens (tertiary/aromatic N) is 1. The lowest BCUT2D eigenvalue weighted by molar-refractivity contribution is 0.0982. The molecule has 1 aromatic carbocycles. The lowest BCUT2D eigenvalue weighted by Crippen LogP contribution is -2.03. The van der Waals surface area contributed by atoms with E-state index >= 15 is 0 Å². The molecule has 2 rings (SSSR count). The Morgan fingerprint density at radius 2 is 1.94 bits per heavy atom. The van der Waals surface area contributed by atoms with E-state index in [0.717, 1.165) is 17.0 Å². The van der Waals surface area contributed by atoms with Gasteiger partial charge in [0, 0.05) is 24.6 Å². The van der Waals surface area contributed by atoms with Crippen LogP contribution in [-0.2, 0) is 6.42 Å². The Labute approximate surface area is 106 Å². The average molecular weight is 241 g/mol. The predicted molar refractivity (Wildman–Crippen MR) is 69.9 cm³/mol. The third kappa shape index (κ3) is 2.94. The highest BCUT2D eigenvalue weighted by atomic mass is 16.5. The normalized spacial score (nSPS) is 10.1. The van der Waals surface area contributed by atoms with Crippen molar-refractivity contribution in [3.8, 4) is 5.75 Å². The summed E-state index contributed by atoms with van der Waals surface area (Å²) in [5, 5.41) is 0. The van der Waals surface area contributed by atoms with Crippen molar-refractivity contribution in [2.75, 3.05) is 7.11 Å². The highest BCUT2D eigenvalue weighted by Crippen LogP contribution is 2.17. The zero-order chi connectivity index (χ0) is 12.8. The molecule has 0 amide bonds. The summed E-state index contributed by atoms with van der Waals surface area (Å²) >= 11 is 0. The first-order valence-corrected chi connectivity index (χ1v) is 5.87. The second-order valence-electron chi connectivity index (χ2n) is 3.94. The zero-order valence-electron chi connectivity index (χ0n) is 10.3. The number of carbonyl (C=O) groups excluding carboxylic acids is 1. The van der Waals surface area contributed by atoms with Crippen LogP contribution in [0.4, 0.5) is 0 Å². The number of pyridine rings is 1. The highest BCUT2D eigenvalue weighted by molar-refractivity contribution is 5.96. The number of hydrogen-bond acceptors (Lipinski definition) is 3. The van der Waals surface area contributed by atoms with E-state index in [4.69, 9.17) is 4.74 Å². The van der Waals surface area contributed by atoms with E-state index < -0.39 is 0 Å². The van der Waals surface area contributed by atoms with E-state index in [0.29, 0.717) is 12.8 Å². The summed E-state index contributed by atoms with van der Waals surface area (Å²) in [6.07, 6.45) is 2.75. The van der Waals surface area contributed by atoms with Crippen molar-refractivity contribution in [3.63, 3.8) is 0 Å². The number of benzene rings is 1. The number of Topliss-reactive ketones (excluding diaryl/α,β-unsaturated/α-hetero) is 1.